The molecule has 0 aliphatic heterocycles. The molecule has 4 aromatic rings. The molecule has 0 saturated heterocycles. The summed E-state index contributed by atoms with van der Waals surface area (Å²) in [7, 11) is 1.91. The van der Waals surface area contributed by atoms with Crippen LogP contribution in [0.2, 0.25) is 0 Å². The molecule has 0 saturated carbocycles. The minimum atomic E-state index is -0.448. The molecule has 10 heteroatoms. The van der Waals surface area contributed by atoms with Gasteiger partial charge in [-0.05, 0) is 35.9 Å². The van der Waals surface area contributed by atoms with Gasteiger partial charge in [0, 0.05) is 29.0 Å². The third-order valence-corrected chi connectivity index (χ3v) is 4.54. The Bertz CT molecular complexity index is 1200. The molecular formula is C17H12BrN7O2. The summed E-state index contributed by atoms with van der Waals surface area (Å²) in [6, 6.07) is 12.0. The Balaban J connectivity index is 1.60. The first-order valence-corrected chi connectivity index (χ1v) is 8.64. The van der Waals surface area contributed by atoms with Crippen molar-refractivity contribution in [3.05, 3.63) is 62.6 Å². The number of hydrazone groups is 1. The number of nitro benzene ring substituents is 1. The first kappa shape index (κ1) is 17.0. The molecule has 134 valence electrons. The molecule has 9 nitrogen and oxygen atoms in total. The lowest BCUT2D eigenvalue weighted by Crippen LogP contribution is -2.00. The Kier molecular flexibility index (Phi) is 4.24. The Morgan fingerprint density at radius 3 is 2.74 bits per heavy atom. The van der Waals surface area contributed by atoms with E-state index in [9.17, 15) is 10.1 Å². The number of hydrogen-bond donors (Lipinski definition) is 1. The molecule has 27 heavy (non-hydrogen) atoms. The third-order valence-electron chi connectivity index (χ3n) is 4.04. The van der Waals surface area contributed by atoms with E-state index in [-0.39, 0.29) is 11.6 Å². The van der Waals surface area contributed by atoms with Crippen molar-refractivity contribution in [1.82, 2.24) is 19.7 Å². The normalized spacial score (nSPS) is 11.5. The number of rotatable bonds is 4. The van der Waals surface area contributed by atoms with Crippen LogP contribution in [0, 0.1) is 10.1 Å². The maximum Gasteiger partial charge on any atom is 0.269 e. The topological polar surface area (TPSA) is 111 Å². The average Bonchev–Trinajstić information content (AvgIpc) is 2.94. The molecule has 2 aromatic carbocycles. The van der Waals surface area contributed by atoms with Gasteiger partial charge in [0.25, 0.3) is 11.6 Å². The van der Waals surface area contributed by atoms with Gasteiger partial charge in [0.15, 0.2) is 5.65 Å². The van der Waals surface area contributed by atoms with Gasteiger partial charge in [-0.25, -0.2) is 5.43 Å². The van der Waals surface area contributed by atoms with E-state index >= 15 is 0 Å². The molecule has 0 fully saturated rings. The summed E-state index contributed by atoms with van der Waals surface area (Å²) in [5.41, 5.74) is 5.86. The van der Waals surface area contributed by atoms with E-state index in [1.807, 2.05) is 29.8 Å². The molecular weight excluding hydrogens is 414 g/mol. The van der Waals surface area contributed by atoms with Crippen molar-refractivity contribution in [1.29, 1.82) is 0 Å². The van der Waals surface area contributed by atoms with E-state index in [0.29, 0.717) is 16.7 Å². The molecule has 0 amide bonds. The Morgan fingerprint density at radius 1 is 1.22 bits per heavy atom. The minimum absolute atomic E-state index is 0.0282. The second kappa shape index (κ2) is 6.72. The Labute approximate surface area is 161 Å². The van der Waals surface area contributed by atoms with Crippen molar-refractivity contribution in [3.8, 4) is 0 Å². The van der Waals surface area contributed by atoms with Crippen LogP contribution >= 0.6 is 15.9 Å². The summed E-state index contributed by atoms with van der Waals surface area (Å²) >= 11 is 3.46. The number of hydrogen-bond acceptors (Lipinski definition) is 7. The summed E-state index contributed by atoms with van der Waals surface area (Å²) < 4.78 is 2.90. The number of halogens is 1. The number of anilines is 1. The number of non-ortho nitro benzene ring substituents is 1. The largest absolute Gasteiger partial charge is 0.327 e. The molecule has 2 aromatic heterocycles. The fourth-order valence-electron chi connectivity index (χ4n) is 2.72. The van der Waals surface area contributed by atoms with Crippen LogP contribution in [0.15, 0.2) is 52.0 Å². The first-order valence-electron chi connectivity index (χ1n) is 7.85. The van der Waals surface area contributed by atoms with Crippen LogP contribution in [-0.4, -0.2) is 30.9 Å². The molecule has 0 atom stereocenters. The van der Waals surface area contributed by atoms with Crippen molar-refractivity contribution in [2.75, 3.05) is 5.43 Å². The van der Waals surface area contributed by atoms with E-state index < -0.39 is 4.92 Å². The van der Waals surface area contributed by atoms with Crippen LogP contribution in [0.1, 0.15) is 5.56 Å². The van der Waals surface area contributed by atoms with Crippen LogP contribution in [0.25, 0.3) is 22.1 Å². The SMILES string of the molecule is Cn1c2ccc(Br)cc2c2nnc(N/N=C/c3ccc([N+](=O)[O-])cc3)nc21. The average molecular weight is 426 g/mol. The molecule has 0 spiro atoms. The smallest absolute Gasteiger partial charge is 0.269 e. The highest BCUT2D eigenvalue weighted by molar-refractivity contribution is 9.10. The summed E-state index contributed by atoms with van der Waals surface area (Å²) in [6.07, 6.45) is 1.52. The third kappa shape index (κ3) is 3.22. The van der Waals surface area contributed by atoms with Crippen LogP contribution in [0.4, 0.5) is 11.6 Å². The fourth-order valence-corrected chi connectivity index (χ4v) is 3.09. The quantitative estimate of drug-likeness (QED) is 0.303. The zero-order valence-electron chi connectivity index (χ0n) is 14.0. The monoisotopic (exact) mass is 425 g/mol. The van der Waals surface area contributed by atoms with Gasteiger partial charge in [-0.2, -0.15) is 10.1 Å². The standard InChI is InChI=1S/C17H12BrN7O2/c1-24-14-7-4-11(18)8-13(14)15-16(24)20-17(23-21-15)22-19-9-10-2-5-12(6-3-10)25(26)27/h2-9H,1H3,(H,20,22,23)/b19-9+. The molecule has 4 rings (SSSR count). The highest BCUT2D eigenvalue weighted by Gasteiger charge is 2.12. The summed E-state index contributed by atoms with van der Waals surface area (Å²) in [6.45, 7) is 0. The maximum absolute atomic E-state index is 10.7. The number of nitrogens with one attached hydrogen (secondary N) is 1. The highest BCUT2D eigenvalue weighted by atomic mass is 79.9. The molecule has 1 N–H and O–H groups in total. The Morgan fingerprint density at radius 2 is 2.00 bits per heavy atom. The lowest BCUT2D eigenvalue weighted by molar-refractivity contribution is -0.384. The second-order valence-corrected chi connectivity index (χ2v) is 6.66. The summed E-state index contributed by atoms with van der Waals surface area (Å²) in [5.74, 6) is 0.255. The van der Waals surface area contributed by atoms with Gasteiger partial charge in [0.05, 0.1) is 16.7 Å². The van der Waals surface area contributed by atoms with E-state index in [2.05, 4.69) is 41.6 Å². The van der Waals surface area contributed by atoms with Gasteiger partial charge in [-0.3, -0.25) is 10.1 Å². The van der Waals surface area contributed by atoms with Crippen LogP contribution in [0.5, 0.6) is 0 Å². The van der Waals surface area contributed by atoms with Gasteiger partial charge in [0.1, 0.15) is 5.52 Å². The van der Waals surface area contributed by atoms with Crippen LogP contribution in [0.3, 0.4) is 0 Å². The van der Waals surface area contributed by atoms with Gasteiger partial charge in [0.2, 0.25) is 0 Å². The van der Waals surface area contributed by atoms with Crippen LogP contribution < -0.4 is 5.43 Å². The molecule has 0 unspecified atom stereocenters. The lowest BCUT2D eigenvalue weighted by Gasteiger charge is -1.99. The predicted molar refractivity (Wildman–Crippen MR) is 106 cm³/mol. The van der Waals surface area contributed by atoms with Crippen molar-refractivity contribution in [2.45, 2.75) is 0 Å². The number of aromatic nitrogens is 4. The zero-order chi connectivity index (χ0) is 19.0. The number of benzene rings is 2. The fraction of sp³-hybridized carbons (Fsp3) is 0.0588. The molecule has 0 bridgehead atoms. The van der Waals surface area contributed by atoms with Gasteiger partial charge >= 0.3 is 0 Å². The van der Waals surface area contributed by atoms with Gasteiger partial charge in [-0.15, -0.1) is 10.2 Å². The van der Waals surface area contributed by atoms with E-state index in [0.717, 1.165) is 15.4 Å². The van der Waals surface area contributed by atoms with Crippen molar-refractivity contribution in [2.24, 2.45) is 12.1 Å². The summed E-state index contributed by atoms with van der Waals surface area (Å²) in [4.78, 5) is 14.7. The van der Waals surface area contributed by atoms with Crippen molar-refractivity contribution < 1.29 is 4.92 Å². The van der Waals surface area contributed by atoms with E-state index in [1.54, 1.807) is 12.1 Å². The lowest BCUT2D eigenvalue weighted by atomic mass is 10.2. The number of fused-ring (bicyclic) bond motifs is 3. The zero-order valence-corrected chi connectivity index (χ0v) is 15.6. The van der Waals surface area contributed by atoms with Gasteiger partial charge in [-0.1, -0.05) is 15.9 Å². The molecule has 0 aliphatic rings. The van der Waals surface area contributed by atoms with Crippen molar-refractivity contribution in [3.63, 3.8) is 0 Å². The number of nitro groups is 1. The van der Waals surface area contributed by atoms with Crippen LogP contribution in [-0.2, 0) is 7.05 Å². The molecule has 2 heterocycles. The first-order chi connectivity index (χ1) is 13.0. The number of aryl methyl sites for hydroxylation is 1. The van der Waals surface area contributed by atoms with Crippen molar-refractivity contribution >= 4 is 55.8 Å². The van der Waals surface area contributed by atoms with E-state index in [4.69, 9.17) is 0 Å². The molecule has 0 radical (unpaired) electrons. The summed E-state index contributed by atoms with van der Waals surface area (Å²) in [5, 5.41) is 24.0. The van der Waals surface area contributed by atoms with Gasteiger partial charge < -0.3 is 4.57 Å². The predicted octanol–water partition coefficient (Wildman–Crippen LogP) is 3.63. The second-order valence-electron chi connectivity index (χ2n) is 5.75. The number of nitrogens with zero attached hydrogens (tertiary/aromatic N) is 6. The minimum Gasteiger partial charge on any atom is -0.327 e. The van der Waals surface area contributed by atoms with E-state index in [1.165, 1.54) is 18.3 Å². The molecule has 0 aliphatic carbocycles. The Hall–Kier alpha value is -3.40. The maximum atomic E-state index is 10.7. The highest BCUT2D eigenvalue weighted by Crippen LogP contribution is 2.28.